The highest BCUT2D eigenvalue weighted by Crippen LogP contribution is 2.31. The van der Waals surface area contributed by atoms with Crippen LogP contribution in [0.3, 0.4) is 0 Å². The second kappa shape index (κ2) is 7.83. The predicted octanol–water partition coefficient (Wildman–Crippen LogP) is 4.21. The molecule has 0 aromatic heterocycles. The van der Waals surface area contributed by atoms with Gasteiger partial charge in [-0.1, -0.05) is 48.0 Å². The van der Waals surface area contributed by atoms with Gasteiger partial charge in [-0.3, -0.25) is 14.9 Å². The average molecular weight is 400 g/mol. The van der Waals surface area contributed by atoms with E-state index in [1.807, 2.05) is 50.2 Å². The molecule has 30 heavy (non-hydrogen) atoms. The Kier molecular flexibility index (Phi) is 5.06. The fourth-order valence-corrected chi connectivity index (χ4v) is 3.44. The van der Waals surface area contributed by atoms with Crippen molar-refractivity contribution in [1.29, 1.82) is 0 Å². The van der Waals surface area contributed by atoms with Gasteiger partial charge in [-0.15, -0.1) is 0 Å². The lowest BCUT2D eigenvalue weighted by molar-refractivity contribution is -0.122. The highest BCUT2D eigenvalue weighted by molar-refractivity contribution is 6.39. The molecule has 0 atom stereocenters. The molecule has 4 rings (SSSR count). The van der Waals surface area contributed by atoms with E-state index in [0.717, 1.165) is 21.2 Å². The number of carbonyl (C=O) groups excluding carboxylic acids is 3. The summed E-state index contributed by atoms with van der Waals surface area (Å²) >= 11 is 0. The number of carbonyl (C=O) groups is 3. The van der Waals surface area contributed by atoms with Crippen molar-refractivity contribution in [3.05, 3.63) is 77.4 Å². The smallest absolute Gasteiger partial charge is 0.335 e. The van der Waals surface area contributed by atoms with Crippen LogP contribution in [0.1, 0.15) is 18.1 Å². The Morgan fingerprint density at radius 2 is 1.70 bits per heavy atom. The van der Waals surface area contributed by atoms with Gasteiger partial charge in [0.2, 0.25) is 0 Å². The molecule has 1 aliphatic heterocycles. The van der Waals surface area contributed by atoms with Crippen molar-refractivity contribution in [2.24, 2.45) is 0 Å². The summed E-state index contributed by atoms with van der Waals surface area (Å²) in [5.41, 5.74) is 1.87. The first-order valence-electron chi connectivity index (χ1n) is 9.62. The fourth-order valence-electron chi connectivity index (χ4n) is 3.44. The van der Waals surface area contributed by atoms with Crippen LogP contribution in [0.25, 0.3) is 16.8 Å². The fraction of sp³-hybridized carbons (Fsp3) is 0.125. The van der Waals surface area contributed by atoms with E-state index in [1.54, 1.807) is 24.3 Å². The van der Waals surface area contributed by atoms with Crippen LogP contribution >= 0.6 is 0 Å². The van der Waals surface area contributed by atoms with Crippen LogP contribution in [0.2, 0.25) is 0 Å². The zero-order valence-electron chi connectivity index (χ0n) is 16.6. The second-order valence-corrected chi connectivity index (χ2v) is 6.92. The Balaban J connectivity index is 1.85. The van der Waals surface area contributed by atoms with Gasteiger partial charge in [0.1, 0.15) is 11.3 Å². The first-order chi connectivity index (χ1) is 14.5. The number of barbiturate groups is 1. The summed E-state index contributed by atoms with van der Waals surface area (Å²) in [6.45, 7) is 4.21. The van der Waals surface area contributed by atoms with Crippen LogP contribution in [0, 0.1) is 6.92 Å². The Morgan fingerprint density at radius 3 is 2.43 bits per heavy atom. The molecular weight excluding hydrogens is 380 g/mol. The van der Waals surface area contributed by atoms with E-state index in [4.69, 9.17) is 4.74 Å². The number of nitrogens with zero attached hydrogens (tertiary/aromatic N) is 1. The third-order valence-electron chi connectivity index (χ3n) is 4.91. The number of hydrogen-bond acceptors (Lipinski definition) is 4. The number of benzene rings is 3. The maximum Gasteiger partial charge on any atom is 0.335 e. The molecular formula is C24H20N2O4. The monoisotopic (exact) mass is 400 g/mol. The summed E-state index contributed by atoms with van der Waals surface area (Å²) in [6.07, 6.45) is 1.50. The number of imide groups is 2. The Bertz CT molecular complexity index is 1200. The van der Waals surface area contributed by atoms with Crippen molar-refractivity contribution in [3.8, 4) is 5.75 Å². The molecule has 1 N–H and O–H groups in total. The van der Waals surface area contributed by atoms with Gasteiger partial charge in [0.25, 0.3) is 11.8 Å². The van der Waals surface area contributed by atoms with Crippen molar-refractivity contribution < 1.29 is 19.1 Å². The lowest BCUT2D eigenvalue weighted by Gasteiger charge is -2.26. The summed E-state index contributed by atoms with van der Waals surface area (Å²) in [5, 5.41) is 4.05. The quantitative estimate of drug-likeness (QED) is 0.526. The number of amides is 4. The molecule has 3 aromatic rings. The number of urea groups is 1. The van der Waals surface area contributed by atoms with Gasteiger partial charge in [-0.2, -0.15) is 0 Å². The van der Waals surface area contributed by atoms with Crippen molar-refractivity contribution in [2.75, 3.05) is 11.5 Å². The van der Waals surface area contributed by atoms with Crippen LogP contribution in [-0.4, -0.2) is 24.5 Å². The van der Waals surface area contributed by atoms with Crippen LogP contribution in [0.15, 0.2) is 66.2 Å². The van der Waals surface area contributed by atoms with E-state index in [1.165, 1.54) is 6.08 Å². The minimum atomic E-state index is -0.769. The van der Waals surface area contributed by atoms with Crippen LogP contribution in [0.4, 0.5) is 10.5 Å². The van der Waals surface area contributed by atoms with Crippen molar-refractivity contribution in [1.82, 2.24) is 5.32 Å². The maximum absolute atomic E-state index is 13.2. The Hall–Kier alpha value is -3.93. The van der Waals surface area contributed by atoms with Gasteiger partial charge < -0.3 is 4.74 Å². The second-order valence-electron chi connectivity index (χ2n) is 6.92. The Labute approximate surface area is 173 Å². The third-order valence-corrected chi connectivity index (χ3v) is 4.91. The molecule has 1 aliphatic rings. The number of aryl methyl sites for hydroxylation is 1. The van der Waals surface area contributed by atoms with Crippen LogP contribution in [-0.2, 0) is 9.59 Å². The van der Waals surface area contributed by atoms with E-state index in [9.17, 15) is 14.4 Å². The maximum atomic E-state index is 13.2. The molecule has 0 aliphatic carbocycles. The van der Waals surface area contributed by atoms with E-state index >= 15 is 0 Å². The van der Waals surface area contributed by atoms with Gasteiger partial charge in [-0.05, 0) is 48.9 Å². The third kappa shape index (κ3) is 3.43. The number of ether oxygens (including phenoxy) is 1. The van der Waals surface area contributed by atoms with Gasteiger partial charge in [-0.25, -0.2) is 9.69 Å². The summed E-state index contributed by atoms with van der Waals surface area (Å²) in [5.74, 6) is -0.852. The molecule has 0 bridgehead atoms. The first-order valence-corrected chi connectivity index (χ1v) is 9.62. The van der Waals surface area contributed by atoms with Crippen molar-refractivity contribution in [2.45, 2.75) is 13.8 Å². The zero-order valence-corrected chi connectivity index (χ0v) is 16.6. The van der Waals surface area contributed by atoms with Crippen LogP contribution in [0.5, 0.6) is 5.75 Å². The van der Waals surface area contributed by atoms with E-state index < -0.39 is 17.8 Å². The molecule has 3 aromatic carbocycles. The molecule has 1 heterocycles. The molecule has 0 spiro atoms. The van der Waals surface area contributed by atoms with Crippen LogP contribution < -0.4 is 15.0 Å². The van der Waals surface area contributed by atoms with Crippen molar-refractivity contribution >= 4 is 40.4 Å². The number of nitrogens with one attached hydrogen (secondary N) is 1. The topological polar surface area (TPSA) is 75.7 Å². The lowest BCUT2D eigenvalue weighted by atomic mass is 9.99. The molecule has 1 fully saturated rings. The van der Waals surface area contributed by atoms with Crippen molar-refractivity contribution in [3.63, 3.8) is 0 Å². The van der Waals surface area contributed by atoms with Gasteiger partial charge in [0.05, 0.1) is 12.3 Å². The standard InChI is InChI=1S/C24H20N2O4/c1-3-30-21-13-10-16-6-4-5-7-18(16)19(21)14-20-22(27)25-24(29)26(23(20)28)17-11-8-15(2)9-12-17/h4-14H,3H2,1-2H3,(H,25,27,29)/b20-14+. The number of rotatable bonds is 4. The summed E-state index contributed by atoms with van der Waals surface area (Å²) < 4.78 is 5.73. The molecule has 150 valence electrons. The first kappa shape index (κ1) is 19.4. The highest BCUT2D eigenvalue weighted by atomic mass is 16.5. The molecule has 0 saturated carbocycles. The van der Waals surface area contributed by atoms with E-state index in [-0.39, 0.29) is 5.57 Å². The van der Waals surface area contributed by atoms with E-state index in [0.29, 0.717) is 23.6 Å². The molecule has 6 nitrogen and oxygen atoms in total. The largest absolute Gasteiger partial charge is 0.493 e. The Morgan fingerprint density at radius 1 is 0.967 bits per heavy atom. The number of hydrogen-bond donors (Lipinski definition) is 1. The van der Waals surface area contributed by atoms with E-state index in [2.05, 4.69) is 5.32 Å². The SMILES string of the molecule is CCOc1ccc2ccccc2c1/C=C1\C(=O)NC(=O)N(c2ccc(C)cc2)C1=O. The average Bonchev–Trinajstić information content (AvgIpc) is 2.73. The lowest BCUT2D eigenvalue weighted by Crippen LogP contribution is -2.54. The minimum Gasteiger partial charge on any atom is -0.493 e. The highest BCUT2D eigenvalue weighted by Gasteiger charge is 2.37. The molecule has 0 radical (unpaired) electrons. The summed E-state index contributed by atoms with van der Waals surface area (Å²) in [7, 11) is 0. The zero-order chi connectivity index (χ0) is 21.3. The summed E-state index contributed by atoms with van der Waals surface area (Å²) in [6, 6.07) is 17.5. The predicted molar refractivity (Wildman–Crippen MR) is 115 cm³/mol. The number of anilines is 1. The number of fused-ring (bicyclic) bond motifs is 1. The van der Waals surface area contributed by atoms with Gasteiger partial charge in [0.15, 0.2) is 0 Å². The molecule has 6 heteroatoms. The molecule has 4 amide bonds. The summed E-state index contributed by atoms with van der Waals surface area (Å²) in [4.78, 5) is 39.1. The molecule has 1 saturated heterocycles. The minimum absolute atomic E-state index is 0.132. The van der Waals surface area contributed by atoms with Gasteiger partial charge in [0, 0.05) is 5.56 Å². The molecule has 0 unspecified atom stereocenters. The normalized spacial score (nSPS) is 15.6. The van der Waals surface area contributed by atoms with Gasteiger partial charge >= 0.3 is 6.03 Å².